The first-order chi connectivity index (χ1) is 14.2. The minimum Gasteiger partial charge on any atom is -0.435 e. The molecule has 0 aliphatic heterocycles. The van der Waals surface area contributed by atoms with Crippen LogP contribution in [0.5, 0.6) is 5.75 Å². The highest BCUT2D eigenvalue weighted by atomic mass is 19.4. The monoisotopic (exact) mass is 423 g/mol. The molecule has 30 heavy (non-hydrogen) atoms. The molecule has 0 atom stereocenters. The number of ether oxygens (including phenoxy) is 1. The molecule has 0 radical (unpaired) electrons. The van der Waals surface area contributed by atoms with Gasteiger partial charge in [-0.05, 0) is 54.6 Å². The zero-order chi connectivity index (χ0) is 21.5. The smallest absolute Gasteiger partial charge is 0.417 e. The van der Waals surface area contributed by atoms with Gasteiger partial charge in [-0.25, -0.2) is 14.1 Å². The molecule has 0 unspecified atom stereocenters. The van der Waals surface area contributed by atoms with E-state index in [1.807, 2.05) is 0 Å². The molecular formula is C20H11F6N3O. The number of aromatic nitrogens is 3. The predicted octanol–water partition coefficient (Wildman–Crippen LogP) is 5.85. The van der Waals surface area contributed by atoms with Crippen LogP contribution in [0.4, 0.5) is 26.3 Å². The number of hydrogen-bond donors (Lipinski definition) is 0. The summed E-state index contributed by atoms with van der Waals surface area (Å²) in [6.45, 7) is -3.02. The summed E-state index contributed by atoms with van der Waals surface area (Å²) in [4.78, 5) is 4.29. The first-order valence-corrected chi connectivity index (χ1v) is 8.49. The summed E-state index contributed by atoms with van der Waals surface area (Å²) in [6, 6.07) is 10.9. The van der Waals surface area contributed by atoms with Crippen molar-refractivity contribution in [3.8, 4) is 22.7 Å². The van der Waals surface area contributed by atoms with E-state index in [1.165, 1.54) is 41.1 Å². The first-order valence-electron chi connectivity index (χ1n) is 8.49. The number of benzene rings is 2. The lowest BCUT2D eigenvalue weighted by molar-refractivity contribution is -0.136. The second-order valence-corrected chi connectivity index (χ2v) is 6.23. The number of fused-ring (bicyclic) bond motifs is 1. The van der Waals surface area contributed by atoms with E-state index in [2.05, 4.69) is 14.8 Å². The third-order valence-corrected chi connectivity index (χ3v) is 4.29. The maximum atomic E-state index is 13.7. The van der Waals surface area contributed by atoms with Crippen molar-refractivity contribution >= 4 is 11.0 Å². The Morgan fingerprint density at radius 1 is 0.933 bits per heavy atom. The summed E-state index contributed by atoms with van der Waals surface area (Å²) in [6.07, 6.45) is -3.65. The van der Waals surface area contributed by atoms with Gasteiger partial charge in [0.05, 0.1) is 28.5 Å². The van der Waals surface area contributed by atoms with E-state index in [0.717, 1.165) is 24.4 Å². The van der Waals surface area contributed by atoms with E-state index >= 15 is 0 Å². The van der Waals surface area contributed by atoms with Crippen LogP contribution in [0.25, 0.3) is 28.0 Å². The SMILES string of the molecule is Fc1ccc(-n2ncc3c(C(F)(F)F)cc(-c4ccc(OC(F)F)cc4)nc32)cc1. The fraction of sp³-hybridized carbons (Fsp3) is 0.100. The average Bonchev–Trinajstić information content (AvgIpc) is 3.11. The molecule has 0 aliphatic carbocycles. The normalized spacial score (nSPS) is 12.0. The standard InChI is InChI=1S/C20H11F6N3O/c21-12-3-5-13(6-4-12)29-18-15(10-27-29)16(20(24,25)26)9-17(28-18)11-1-7-14(8-2-11)30-19(22)23/h1-10,19H. The quantitative estimate of drug-likeness (QED) is 0.387. The molecule has 4 aromatic rings. The van der Waals surface area contributed by atoms with Crippen molar-refractivity contribution in [3.63, 3.8) is 0 Å². The van der Waals surface area contributed by atoms with Gasteiger partial charge in [-0.2, -0.15) is 27.1 Å². The van der Waals surface area contributed by atoms with Crippen molar-refractivity contribution in [2.45, 2.75) is 12.8 Å². The van der Waals surface area contributed by atoms with Gasteiger partial charge in [0, 0.05) is 5.56 Å². The molecule has 10 heteroatoms. The van der Waals surface area contributed by atoms with E-state index in [1.54, 1.807) is 0 Å². The van der Waals surface area contributed by atoms with Gasteiger partial charge in [0.25, 0.3) is 0 Å². The van der Waals surface area contributed by atoms with Crippen molar-refractivity contribution in [1.82, 2.24) is 14.8 Å². The first kappa shape index (κ1) is 19.7. The van der Waals surface area contributed by atoms with E-state index in [9.17, 15) is 26.3 Å². The van der Waals surface area contributed by atoms with Crippen LogP contribution in [-0.4, -0.2) is 21.4 Å². The molecular weight excluding hydrogens is 412 g/mol. The van der Waals surface area contributed by atoms with Gasteiger partial charge in [-0.1, -0.05) is 0 Å². The summed E-state index contributed by atoms with van der Waals surface area (Å²) in [5, 5.41) is 3.75. The van der Waals surface area contributed by atoms with E-state index in [-0.39, 0.29) is 28.0 Å². The van der Waals surface area contributed by atoms with Crippen molar-refractivity contribution in [1.29, 1.82) is 0 Å². The molecule has 0 N–H and O–H groups in total. The van der Waals surface area contributed by atoms with Crippen LogP contribution >= 0.6 is 0 Å². The number of hydrogen-bond acceptors (Lipinski definition) is 3. The lowest BCUT2D eigenvalue weighted by Gasteiger charge is -2.12. The van der Waals surface area contributed by atoms with Gasteiger partial charge in [-0.3, -0.25) is 0 Å². The molecule has 2 heterocycles. The topological polar surface area (TPSA) is 39.9 Å². The summed E-state index contributed by atoms with van der Waals surface area (Å²) in [5.74, 6) is -0.645. The summed E-state index contributed by atoms with van der Waals surface area (Å²) < 4.78 is 84.2. The van der Waals surface area contributed by atoms with Crippen LogP contribution in [0, 0.1) is 5.82 Å². The molecule has 0 amide bonds. The molecule has 4 nitrogen and oxygen atoms in total. The Hall–Kier alpha value is -3.56. The molecule has 0 bridgehead atoms. The second kappa shape index (κ2) is 7.36. The van der Waals surface area contributed by atoms with Crippen molar-refractivity contribution in [2.75, 3.05) is 0 Å². The number of pyridine rings is 1. The molecule has 0 fully saturated rings. The third kappa shape index (κ3) is 3.80. The van der Waals surface area contributed by atoms with Crippen LogP contribution < -0.4 is 4.74 Å². The van der Waals surface area contributed by atoms with Crippen LogP contribution in [0.2, 0.25) is 0 Å². The Bertz CT molecular complexity index is 1180. The summed E-state index contributed by atoms with van der Waals surface area (Å²) >= 11 is 0. The molecule has 0 spiro atoms. The van der Waals surface area contributed by atoms with Crippen molar-refractivity contribution in [3.05, 3.63) is 72.2 Å². The Morgan fingerprint density at radius 3 is 2.20 bits per heavy atom. The maximum Gasteiger partial charge on any atom is 0.417 e. The number of nitrogens with zero attached hydrogens (tertiary/aromatic N) is 3. The van der Waals surface area contributed by atoms with E-state index in [0.29, 0.717) is 5.69 Å². The minimum absolute atomic E-state index is 0.0396. The molecule has 0 saturated carbocycles. The van der Waals surface area contributed by atoms with E-state index < -0.39 is 24.2 Å². The van der Waals surface area contributed by atoms with Gasteiger partial charge in [-0.15, -0.1) is 0 Å². The lowest BCUT2D eigenvalue weighted by Crippen LogP contribution is -2.07. The fourth-order valence-corrected chi connectivity index (χ4v) is 2.96. The summed E-state index contributed by atoms with van der Waals surface area (Å²) in [5.41, 5.74) is -0.494. The molecule has 2 aromatic heterocycles. The van der Waals surface area contributed by atoms with Gasteiger partial charge in [0.15, 0.2) is 5.65 Å². The second-order valence-electron chi connectivity index (χ2n) is 6.23. The fourth-order valence-electron chi connectivity index (χ4n) is 2.96. The number of halogens is 6. The Morgan fingerprint density at radius 2 is 1.60 bits per heavy atom. The third-order valence-electron chi connectivity index (χ3n) is 4.29. The average molecular weight is 423 g/mol. The van der Waals surface area contributed by atoms with Crippen molar-refractivity contribution < 1.29 is 31.1 Å². The lowest BCUT2D eigenvalue weighted by atomic mass is 10.1. The van der Waals surface area contributed by atoms with Crippen LogP contribution in [0.15, 0.2) is 60.8 Å². The number of alkyl halides is 5. The Labute approximate surface area is 165 Å². The molecule has 0 aliphatic rings. The highest BCUT2D eigenvalue weighted by Gasteiger charge is 2.34. The van der Waals surface area contributed by atoms with Crippen LogP contribution in [0.3, 0.4) is 0 Å². The summed E-state index contributed by atoms with van der Waals surface area (Å²) in [7, 11) is 0. The molecule has 154 valence electrons. The zero-order valence-corrected chi connectivity index (χ0v) is 14.9. The zero-order valence-electron chi connectivity index (χ0n) is 14.9. The highest BCUT2D eigenvalue weighted by molar-refractivity contribution is 5.84. The van der Waals surface area contributed by atoms with E-state index in [4.69, 9.17) is 0 Å². The largest absolute Gasteiger partial charge is 0.435 e. The Kier molecular flexibility index (Phi) is 4.84. The minimum atomic E-state index is -4.69. The highest BCUT2D eigenvalue weighted by Crippen LogP contribution is 2.37. The van der Waals surface area contributed by atoms with Gasteiger partial charge in [0.2, 0.25) is 0 Å². The van der Waals surface area contributed by atoms with Crippen LogP contribution in [0.1, 0.15) is 5.56 Å². The van der Waals surface area contributed by atoms with Gasteiger partial charge >= 0.3 is 12.8 Å². The molecule has 2 aromatic carbocycles. The van der Waals surface area contributed by atoms with Gasteiger partial charge in [0.1, 0.15) is 11.6 Å². The molecule has 4 rings (SSSR count). The predicted molar refractivity (Wildman–Crippen MR) is 95.9 cm³/mol. The van der Waals surface area contributed by atoms with Gasteiger partial charge < -0.3 is 4.74 Å². The number of rotatable bonds is 4. The maximum absolute atomic E-state index is 13.7. The Balaban J connectivity index is 1.88. The van der Waals surface area contributed by atoms with Crippen molar-refractivity contribution in [2.24, 2.45) is 0 Å². The van der Waals surface area contributed by atoms with Crippen LogP contribution in [-0.2, 0) is 6.18 Å². The molecule has 0 saturated heterocycles.